The zero-order valence-corrected chi connectivity index (χ0v) is 19.0. The summed E-state index contributed by atoms with van der Waals surface area (Å²) >= 11 is 0. The molecule has 32 heavy (non-hydrogen) atoms. The van der Waals surface area contributed by atoms with Crippen molar-refractivity contribution in [3.05, 3.63) is 30.0 Å². The van der Waals surface area contributed by atoms with Crippen molar-refractivity contribution < 1.29 is 14.2 Å². The van der Waals surface area contributed by atoms with E-state index in [0.717, 1.165) is 67.1 Å². The van der Waals surface area contributed by atoms with Gasteiger partial charge in [-0.3, -0.25) is 0 Å². The molecule has 9 nitrogen and oxygen atoms in total. The Morgan fingerprint density at radius 3 is 2.66 bits per heavy atom. The maximum atomic E-state index is 6.43. The first-order valence-electron chi connectivity index (χ1n) is 11.2. The normalized spacial score (nSPS) is 20.0. The van der Waals surface area contributed by atoms with Crippen LogP contribution < -0.4 is 14.4 Å². The van der Waals surface area contributed by atoms with Crippen LogP contribution in [0.2, 0.25) is 0 Å². The van der Waals surface area contributed by atoms with E-state index in [1.165, 1.54) is 0 Å². The topological polar surface area (TPSA) is 77.8 Å². The molecule has 0 saturated carbocycles. The Bertz CT molecular complexity index is 1090. The van der Waals surface area contributed by atoms with Gasteiger partial charge in [0.15, 0.2) is 5.82 Å². The summed E-state index contributed by atoms with van der Waals surface area (Å²) in [6.07, 6.45) is 4.30. The van der Waals surface area contributed by atoms with Crippen LogP contribution in [0.5, 0.6) is 11.8 Å². The Hall–Kier alpha value is -2.91. The number of fused-ring (bicyclic) bond motifs is 1. The molecule has 2 saturated heterocycles. The third kappa shape index (κ3) is 4.22. The lowest BCUT2D eigenvalue weighted by Crippen LogP contribution is -2.38. The van der Waals surface area contributed by atoms with Gasteiger partial charge in [-0.1, -0.05) is 0 Å². The van der Waals surface area contributed by atoms with Crippen molar-refractivity contribution in [1.29, 1.82) is 0 Å². The van der Waals surface area contributed by atoms with Gasteiger partial charge >= 0.3 is 6.01 Å². The van der Waals surface area contributed by atoms with Crippen molar-refractivity contribution in [3.8, 4) is 17.6 Å². The highest BCUT2D eigenvalue weighted by atomic mass is 16.5. The van der Waals surface area contributed by atoms with Crippen molar-refractivity contribution in [3.63, 3.8) is 0 Å². The van der Waals surface area contributed by atoms with Crippen LogP contribution in [0.1, 0.15) is 18.4 Å². The molecule has 4 heterocycles. The van der Waals surface area contributed by atoms with Gasteiger partial charge in [-0.2, -0.15) is 15.1 Å². The molecule has 0 amide bonds. The van der Waals surface area contributed by atoms with Crippen LogP contribution in [0.25, 0.3) is 16.7 Å². The first-order valence-corrected chi connectivity index (χ1v) is 11.2. The number of likely N-dealkylation sites (N-methyl/N-ethyl adjacent to an activating group) is 1. The third-order valence-electron chi connectivity index (χ3n) is 6.15. The van der Waals surface area contributed by atoms with Gasteiger partial charge in [0.05, 0.1) is 32.0 Å². The van der Waals surface area contributed by atoms with Gasteiger partial charge in [-0.05, 0) is 45.0 Å². The number of anilines is 1. The van der Waals surface area contributed by atoms with E-state index in [9.17, 15) is 0 Å². The van der Waals surface area contributed by atoms with Crippen LogP contribution in [0.15, 0.2) is 24.4 Å². The summed E-state index contributed by atoms with van der Waals surface area (Å²) in [5.74, 6) is 2.38. The average Bonchev–Trinajstić information content (AvgIpc) is 3.22. The monoisotopic (exact) mass is 438 g/mol. The van der Waals surface area contributed by atoms with Crippen LogP contribution in [-0.4, -0.2) is 84.3 Å². The summed E-state index contributed by atoms with van der Waals surface area (Å²) < 4.78 is 19.1. The minimum Gasteiger partial charge on any atom is -0.489 e. The summed E-state index contributed by atoms with van der Waals surface area (Å²) in [6.45, 7) is 7.10. The Balaban J connectivity index is 1.51. The van der Waals surface area contributed by atoms with Gasteiger partial charge < -0.3 is 24.0 Å². The molecular formula is C23H30N6O3. The van der Waals surface area contributed by atoms with E-state index in [1.54, 1.807) is 7.11 Å². The molecule has 0 bridgehead atoms. The lowest BCUT2D eigenvalue weighted by atomic mass is 10.1. The zero-order valence-electron chi connectivity index (χ0n) is 19.0. The second-order valence-corrected chi connectivity index (χ2v) is 8.55. The molecule has 5 rings (SSSR count). The smallest absolute Gasteiger partial charge is 0.320 e. The number of benzene rings is 1. The van der Waals surface area contributed by atoms with Gasteiger partial charge in [0.25, 0.3) is 0 Å². The molecule has 2 aliphatic heterocycles. The Morgan fingerprint density at radius 1 is 1.06 bits per heavy atom. The number of methoxy groups -OCH3 is 1. The van der Waals surface area contributed by atoms with Gasteiger partial charge in [-0.15, -0.1) is 0 Å². The second kappa shape index (κ2) is 8.91. The number of nitrogens with zero attached hydrogens (tertiary/aromatic N) is 6. The number of aromatic nitrogens is 4. The fourth-order valence-corrected chi connectivity index (χ4v) is 4.43. The predicted octanol–water partition coefficient (Wildman–Crippen LogP) is 2.44. The minimum absolute atomic E-state index is 0.202. The van der Waals surface area contributed by atoms with E-state index in [0.29, 0.717) is 25.0 Å². The highest BCUT2D eigenvalue weighted by Crippen LogP contribution is 2.30. The molecule has 1 atom stereocenters. The number of hydrogen-bond donors (Lipinski definition) is 0. The van der Waals surface area contributed by atoms with Crippen molar-refractivity contribution in [1.82, 2.24) is 24.6 Å². The predicted molar refractivity (Wildman–Crippen MR) is 122 cm³/mol. The maximum Gasteiger partial charge on any atom is 0.320 e. The first-order chi connectivity index (χ1) is 15.6. The van der Waals surface area contributed by atoms with Crippen LogP contribution in [-0.2, 0) is 4.74 Å². The highest BCUT2D eigenvalue weighted by molar-refractivity contribution is 5.83. The lowest BCUT2D eigenvalue weighted by Gasteiger charge is -2.30. The number of ether oxygens (including phenoxy) is 3. The molecule has 0 spiro atoms. The largest absolute Gasteiger partial charge is 0.489 e. The van der Waals surface area contributed by atoms with E-state index in [1.807, 2.05) is 16.9 Å². The summed E-state index contributed by atoms with van der Waals surface area (Å²) in [6, 6.07) is 6.48. The Labute approximate surface area is 187 Å². The summed E-state index contributed by atoms with van der Waals surface area (Å²) in [4.78, 5) is 13.6. The Morgan fingerprint density at radius 2 is 1.88 bits per heavy atom. The number of likely N-dealkylation sites (tertiary alicyclic amines) is 1. The molecule has 3 aromatic rings. The van der Waals surface area contributed by atoms with Crippen molar-refractivity contribution in [2.75, 3.05) is 58.5 Å². The average molecular weight is 439 g/mol. The molecule has 2 aromatic heterocycles. The molecule has 0 N–H and O–H groups in total. The van der Waals surface area contributed by atoms with Crippen LogP contribution in [0.3, 0.4) is 0 Å². The molecule has 1 aromatic carbocycles. The summed E-state index contributed by atoms with van der Waals surface area (Å²) in [7, 11) is 3.73. The number of morpholine rings is 1. The minimum atomic E-state index is 0.202. The van der Waals surface area contributed by atoms with Gasteiger partial charge in [0.1, 0.15) is 17.7 Å². The Kier molecular flexibility index (Phi) is 5.84. The SMILES string of the molecule is COc1nc(N2CCOCC2)cc(-n2ncc3cc(C)c(O[C@H]4CCCN(C)C4)cc32)n1. The molecule has 2 fully saturated rings. The van der Waals surface area contributed by atoms with Gasteiger partial charge in [0, 0.05) is 37.2 Å². The molecule has 0 aliphatic carbocycles. The lowest BCUT2D eigenvalue weighted by molar-refractivity contribution is 0.104. The van der Waals surface area contributed by atoms with Gasteiger partial charge in [-0.25, -0.2) is 4.68 Å². The van der Waals surface area contributed by atoms with E-state index in [-0.39, 0.29) is 6.10 Å². The first kappa shape index (κ1) is 21.0. The van der Waals surface area contributed by atoms with Crippen molar-refractivity contribution in [2.24, 2.45) is 0 Å². The number of aryl methyl sites for hydroxylation is 1. The summed E-state index contributed by atoms with van der Waals surface area (Å²) in [5, 5.41) is 5.67. The van der Waals surface area contributed by atoms with E-state index in [2.05, 4.69) is 51.0 Å². The van der Waals surface area contributed by atoms with Crippen molar-refractivity contribution >= 4 is 16.7 Å². The fourth-order valence-electron chi connectivity index (χ4n) is 4.43. The number of piperidine rings is 1. The maximum absolute atomic E-state index is 6.43. The number of hydrogen-bond acceptors (Lipinski definition) is 8. The molecular weight excluding hydrogens is 408 g/mol. The van der Waals surface area contributed by atoms with Crippen molar-refractivity contribution in [2.45, 2.75) is 25.9 Å². The molecule has 2 aliphatic rings. The van der Waals surface area contributed by atoms with Gasteiger partial charge in [0.2, 0.25) is 0 Å². The second-order valence-electron chi connectivity index (χ2n) is 8.55. The molecule has 0 unspecified atom stereocenters. The van der Waals surface area contributed by atoms with E-state index in [4.69, 9.17) is 14.2 Å². The zero-order chi connectivity index (χ0) is 22.1. The quantitative estimate of drug-likeness (QED) is 0.601. The van der Waals surface area contributed by atoms with Crippen LogP contribution in [0, 0.1) is 6.92 Å². The molecule has 9 heteroatoms. The standard InChI is InChI=1S/C23H30N6O3/c1-16-11-17-14-24-29(19(17)12-20(16)32-18-5-4-6-27(2)15-18)22-13-21(25-23(26-22)30-3)28-7-9-31-10-8-28/h11-14,18H,4-10,15H2,1-3H3/t18-/m0/s1. The summed E-state index contributed by atoms with van der Waals surface area (Å²) in [5.41, 5.74) is 2.06. The van der Waals surface area contributed by atoms with E-state index < -0.39 is 0 Å². The number of rotatable bonds is 5. The highest BCUT2D eigenvalue weighted by Gasteiger charge is 2.21. The van der Waals surface area contributed by atoms with Crippen LogP contribution in [0.4, 0.5) is 5.82 Å². The van der Waals surface area contributed by atoms with E-state index >= 15 is 0 Å². The molecule has 0 radical (unpaired) electrons. The van der Waals surface area contributed by atoms with Crippen LogP contribution >= 0.6 is 0 Å². The fraction of sp³-hybridized carbons (Fsp3) is 0.522. The third-order valence-corrected chi connectivity index (χ3v) is 6.15. The molecule has 170 valence electrons.